The van der Waals surface area contributed by atoms with Gasteiger partial charge < -0.3 is 9.88 Å². The first-order valence-corrected chi connectivity index (χ1v) is 8.74. The lowest BCUT2D eigenvalue weighted by Gasteiger charge is -2.17. The first-order valence-electron chi connectivity index (χ1n) is 8.74. The van der Waals surface area contributed by atoms with Gasteiger partial charge in [0.1, 0.15) is 0 Å². The van der Waals surface area contributed by atoms with Crippen LogP contribution < -0.4 is 10.9 Å². The summed E-state index contributed by atoms with van der Waals surface area (Å²) in [7, 11) is 1.67. The highest BCUT2D eigenvalue weighted by Gasteiger charge is 2.23. The first kappa shape index (κ1) is 17.4. The van der Waals surface area contributed by atoms with Crippen LogP contribution in [0.3, 0.4) is 0 Å². The fourth-order valence-electron chi connectivity index (χ4n) is 3.28. The molecule has 1 aliphatic rings. The van der Waals surface area contributed by atoms with Gasteiger partial charge in [-0.3, -0.25) is 14.5 Å². The van der Waals surface area contributed by atoms with Crippen LogP contribution in [0.4, 0.5) is 0 Å². The van der Waals surface area contributed by atoms with Crippen LogP contribution in [-0.2, 0) is 13.6 Å². The fraction of sp³-hybridized carbons (Fsp3) is 0.400. The zero-order valence-electron chi connectivity index (χ0n) is 14.9. The average Bonchev–Trinajstić information content (AvgIpc) is 3.05. The summed E-state index contributed by atoms with van der Waals surface area (Å²) in [5, 5.41) is 2.97. The number of nitrogens with zero attached hydrogens (tertiary/aromatic N) is 2. The van der Waals surface area contributed by atoms with Crippen LogP contribution in [0.5, 0.6) is 0 Å². The van der Waals surface area contributed by atoms with Crippen molar-refractivity contribution in [3.63, 3.8) is 0 Å². The molecule has 0 saturated carbocycles. The van der Waals surface area contributed by atoms with Crippen LogP contribution >= 0.6 is 0 Å². The quantitative estimate of drug-likeness (QED) is 0.906. The largest absolute Gasteiger partial charge is 0.352 e. The van der Waals surface area contributed by atoms with Gasteiger partial charge >= 0.3 is 0 Å². The zero-order chi connectivity index (χ0) is 17.8. The fourth-order valence-corrected chi connectivity index (χ4v) is 3.28. The summed E-state index contributed by atoms with van der Waals surface area (Å²) in [5.74, 6) is 0.287. The number of nitrogens with one attached hydrogen (secondary N) is 1. The van der Waals surface area contributed by atoms with Gasteiger partial charge in [-0.15, -0.1) is 0 Å². The molecule has 132 valence electrons. The monoisotopic (exact) mass is 339 g/mol. The second kappa shape index (κ2) is 7.66. The van der Waals surface area contributed by atoms with Crippen molar-refractivity contribution >= 4 is 5.91 Å². The molecule has 25 heavy (non-hydrogen) atoms. The third-order valence-electron chi connectivity index (χ3n) is 4.94. The normalized spacial score (nSPS) is 17.6. The maximum atomic E-state index is 12.2. The minimum Gasteiger partial charge on any atom is -0.352 e. The number of aromatic nitrogens is 1. The van der Waals surface area contributed by atoms with E-state index in [4.69, 9.17) is 0 Å². The standard InChI is InChI=1S/C20H25N3O2/c1-15-5-3-4-6-18(15)14-23-10-7-16(13-23)12-21-20(25)17-8-9-22(2)19(24)11-17/h3-6,8-9,11,16H,7,10,12-14H2,1-2H3,(H,21,25)/t16-/m0/s1. The van der Waals surface area contributed by atoms with Crippen molar-refractivity contribution in [2.75, 3.05) is 19.6 Å². The van der Waals surface area contributed by atoms with E-state index in [1.54, 1.807) is 19.3 Å². The molecule has 1 fully saturated rings. The highest BCUT2D eigenvalue weighted by Crippen LogP contribution is 2.19. The molecule has 5 heteroatoms. The van der Waals surface area contributed by atoms with Crippen molar-refractivity contribution in [2.24, 2.45) is 13.0 Å². The number of pyridine rings is 1. The van der Waals surface area contributed by atoms with Crippen LogP contribution in [0.15, 0.2) is 47.4 Å². The van der Waals surface area contributed by atoms with Gasteiger partial charge in [-0.2, -0.15) is 0 Å². The molecule has 1 aromatic carbocycles. The Bertz CT molecular complexity index is 813. The van der Waals surface area contributed by atoms with Crippen molar-refractivity contribution in [1.82, 2.24) is 14.8 Å². The summed E-state index contributed by atoms with van der Waals surface area (Å²) in [6.45, 7) is 5.81. The van der Waals surface area contributed by atoms with E-state index in [1.807, 2.05) is 0 Å². The van der Waals surface area contributed by atoms with Crippen molar-refractivity contribution < 1.29 is 4.79 Å². The summed E-state index contributed by atoms with van der Waals surface area (Å²) in [4.78, 5) is 26.3. The van der Waals surface area contributed by atoms with Crippen LogP contribution in [-0.4, -0.2) is 35.0 Å². The number of likely N-dealkylation sites (tertiary alicyclic amines) is 1. The van der Waals surface area contributed by atoms with E-state index < -0.39 is 0 Å². The summed E-state index contributed by atoms with van der Waals surface area (Å²) in [5.41, 5.74) is 2.95. The van der Waals surface area contributed by atoms with E-state index in [9.17, 15) is 9.59 Å². The molecule has 5 nitrogen and oxygen atoms in total. The molecule has 0 bridgehead atoms. The molecule has 0 aliphatic carbocycles. The van der Waals surface area contributed by atoms with Crippen LogP contribution in [0.2, 0.25) is 0 Å². The van der Waals surface area contributed by atoms with E-state index in [0.717, 1.165) is 26.1 Å². The number of benzene rings is 1. The molecule has 1 saturated heterocycles. The number of rotatable bonds is 5. The van der Waals surface area contributed by atoms with E-state index in [1.165, 1.54) is 21.8 Å². The van der Waals surface area contributed by atoms with Gasteiger partial charge in [0, 0.05) is 44.5 Å². The SMILES string of the molecule is Cc1ccccc1CN1CC[C@@H](CNC(=O)c2ccn(C)c(=O)c2)C1. The molecule has 0 spiro atoms. The lowest BCUT2D eigenvalue weighted by atomic mass is 10.1. The number of hydrogen-bond acceptors (Lipinski definition) is 3. The molecule has 0 radical (unpaired) electrons. The van der Waals surface area contributed by atoms with Crippen molar-refractivity contribution in [2.45, 2.75) is 19.9 Å². The second-order valence-electron chi connectivity index (χ2n) is 6.89. The molecule has 1 atom stereocenters. The van der Waals surface area contributed by atoms with Gasteiger partial charge in [-0.25, -0.2) is 0 Å². The van der Waals surface area contributed by atoms with Gasteiger partial charge in [-0.1, -0.05) is 24.3 Å². The smallest absolute Gasteiger partial charge is 0.251 e. The van der Waals surface area contributed by atoms with Crippen LogP contribution in [0.25, 0.3) is 0 Å². The number of carbonyl (C=O) groups is 1. The highest BCUT2D eigenvalue weighted by atomic mass is 16.2. The Morgan fingerprint density at radius 1 is 1.28 bits per heavy atom. The van der Waals surface area contributed by atoms with E-state index >= 15 is 0 Å². The second-order valence-corrected chi connectivity index (χ2v) is 6.89. The zero-order valence-corrected chi connectivity index (χ0v) is 14.9. The molecule has 1 amide bonds. The Morgan fingerprint density at radius 3 is 2.84 bits per heavy atom. The predicted octanol–water partition coefficient (Wildman–Crippen LogP) is 1.95. The minimum atomic E-state index is -0.171. The Kier molecular flexibility index (Phi) is 5.34. The molecule has 1 N–H and O–H groups in total. The highest BCUT2D eigenvalue weighted by molar-refractivity contribution is 5.93. The molecule has 3 rings (SSSR count). The molecule has 2 aromatic rings. The topological polar surface area (TPSA) is 54.3 Å². The van der Waals surface area contributed by atoms with E-state index in [-0.39, 0.29) is 11.5 Å². The summed E-state index contributed by atoms with van der Waals surface area (Å²) in [6, 6.07) is 11.5. The van der Waals surface area contributed by atoms with E-state index in [0.29, 0.717) is 18.0 Å². The molecule has 1 aromatic heterocycles. The molecule has 0 unspecified atom stereocenters. The summed E-state index contributed by atoms with van der Waals surface area (Å²) in [6.07, 6.45) is 2.71. The lowest BCUT2D eigenvalue weighted by Crippen LogP contribution is -2.32. The van der Waals surface area contributed by atoms with Gasteiger partial charge in [0.2, 0.25) is 0 Å². The van der Waals surface area contributed by atoms with Gasteiger partial charge in [0.15, 0.2) is 0 Å². The maximum Gasteiger partial charge on any atom is 0.251 e. The van der Waals surface area contributed by atoms with Crippen molar-refractivity contribution in [1.29, 1.82) is 0 Å². The Balaban J connectivity index is 1.50. The Hall–Kier alpha value is -2.40. The van der Waals surface area contributed by atoms with Gasteiger partial charge in [0.25, 0.3) is 11.5 Å². The molecular weight excluding hydrogens is 314 g/mol. The number of amides is 1. The summed E-state index contributed by atoms with van der Waals surface area (Å²) < 4.78 is 1.46. The van der Waals surface area contributed by atoms with Gasteiger partial charge in [-0.05, 0) is 43.0 Å². The Labute approximate surface area is 148 Å². The average molecular weight is 339 g/mol. The van der Waals surface area contributed by atoms with Crippen LogP contribution in [0, 0.1) is 12.8 Å². The maximum absolute atomic E-state index is 12.2. The molecular formula is C20H25N3O2. The van der Waals surface area contributed by atoms with Crippen LogP contribution in [0.1, 0.15) is 27.9 Å². The third kappa shape index (κ3) is 4.37. The number of aryl methyl sites for hydroxylation is 2. The number of carbonyl (C=O) groups excluding carboxylic acids is 1. The minimum absolute atomic E-state index is 0.169. The Morgan fingerprint density at radius 2 is 2.08 bits per heavy atom. The predicted molar refractivity (Wildman–Crippen MR) is 98.6 cm³/mol. The lowest BCUT2D eigenvalue weighted by molar-refractivity contribution is 0.0947. The van der Waals surface area contributed by atoms with E-state index in [2.05, 4.69) is 41.4 Å². The third-order valence-corrected chi connectivity index (χ3v) is 4.94. The molecule has 2 heterocycles. The summed E-state index contributed by atoms with van der Waals surface area (Å²) >= 11 is 0. The molecule has 1 aliphatic heterocycles. The number of hydrogen-bond donors (Lipinski definition) is 1. The van der Waals surface area contributed by atoms with Crippen molar-refractivity contribution in [3.8, 4) is 0 Å². The first-order chi connectivity index (χ1) is 12.0. The van der Waals surface area contributed by atoms with Crippen molar-refractivity contribution in [3.05, 3.63) is 69.6 Å². The van der Waals surface area contributed by atoms with Gasteiger partial charge in [0.05, 0.1) is 0 Å².